The molecule has 1 aromatic heterocycles. The third-order valence-electron chi connectivity index (χ3n) is 3.84. The number of amides is 2. The number of halogens is 1. The van der Waals surface area contributed by atoms with Crippen molar-refractivity contribution in [3.63, 3.8) is 0 Å². The van der Waals surface area contributed by atoms with Crippen LogP contribution >= 0.6 is 0 Å². The summed E-state index contributed by atoms with van der Waals surface area (Å²) in [5, 5.41) is 15.3. The van der Waals surface area contributed by atoms with Crippen LogP contribution in [0.15, 0.2) is 28.7 Å². The quantitative estimate of drug-likeness (QED) is 0.740. The molecule has 1 aromatic carbocycles. The summed E-state index contributed by atoms with van der Waals surface area (Å²) in [6.45, 7) is 6.37. The Labute approximate surface area is 145 Å². The van der Waals surface area contributed by atoms with E-state index in [1.165, 1.54) is 25.1 Å². The molecule has 0 aliphatic heterocycles. The lowest BCUT2D eigenvalue weighted by atomic mass is 9.96. The van der Waals surface area contributed by atoms with E-state index >= 15 is 0 Å². The molecule has 7 heteroatoms. The van der Waals surface area contributed by atoms with Gasteiger partial charge in [-0.05, 0) is 57.5 Å². The van der Waals surface area contributed by atoms with Crippen molar-refractivity contribution in [1.82, 2.24) is 5.32 Å². The number of nitrogens with one attached hydrogen (secondary N) is 2. The molecule has 0 saturated heterocycles. The first-order valence-electron chi connectivity index (χ1n) is 7.75. The molecule has 1 atom stereocenters. The normalized spacial score (nSPS) is 13.2. The van der Waals surface area contributed by atoms with Gasteiger partial charge in [-0.2, -0.15) is 0 Å². The lowest BCUT2D eigenvalue weighted by Crippen LogP contribution is -2.43. The van der Waals surface area contributed by atoms with E-state index in [9.17, 15) is 19.1 Å². The highest BCUT2D eigenvalue weighted by molar-refractivity contribution is 6.39. The summed E-state index contributed by atoms with van der Waals surface area (Å²) in [5.41, 5.74) is -0.177. The van der Waals surface area contributed by atoms with Crippen molar-refractivity contribution in [2.24, 2.45) is 0 Å². The molecule has 6 nitrogen and oxygen atoms in total. The molecule has 134 valence electrons. The summed E-state index contributed by atoms with van der Waals surface area (Å²) in [7, 11) is 0. The van der Waals surface area contributed by atoms with Crippen molar-refractivity contribution in [2.75, 3.05) is 11.9 Å². The monoisotopic (exact) mass is 348 g/mol. The first-order valence-corrected chi connectivity index (χ1v) is 7.75. The summed E-state index contributed by atoms with van der Waals surface area (Å²) in [5.74, 6) is -1.02. The van der Waals surface area contributed by atoms with E-state index in [2.05, 4.69) is 10.6 Å². The van der Waals surface area contributed by atoms with Crippen LogP contribution in [0, 0.1) is 26.6 Å². The number of aryl methyl sites for hydroxylation is 3. The maximum atomic E-state index is 13.2. The number of aliphatic hydroxyl groups is 1. The Balaban J connectivity index is 1.98. The fourth-order valence-corrected chi connectivity index (χ4v) is 2.50. The maximum Gasteiger partial charge on any atom is 0.313 e. The minimum Gasteiger partial charge on any atom is -0.466 e. The predicted octanol–water partition coefficient (Wildman–Crippen LogP) is 2.31. The first kappa shape index (κ1) is 18.7. The van der Waals surface area contributed by atoms with E-state index in [1.807, 2.05) is 0 Å². The lowest BCUT2D eigenvalue weighted by Gasteiger charge is -2.23. The second-order valence-corrected chi connectivity index (χ2v) is 6.20. The van der Waals surface area contributed by atoms with E-state index in [1.54, 1.807) is 26.8 Å². The molecular weight excluding hydrogens is 327 g/mol. The van der Waals surface area contributed by atoms with Gasteiger partial charge in [0.1, 0.15) is 22.9 Å². The van der Waals surface area contributed by atoms with Crippen molar-refractivity contribution in [1.29, 1.82) is 0 Å². The molecule has 0 radical (unpaired) electrons. The maximum absolute atomic E-state index is 13.2. The zero-order chi connectivity index (χ0) is 18.8. The molecule has 3 N–H and O–H groups in total. The number of hydrogen-bond donors (Lipinski definition) is 3. The first-order chi connectivity index (χ1) is 11.6. The fourth-order valence-electron chi connectivity index (χ4n) is 2.50. The van der Waals surface area contributed by atoms with Gasteiger partial charge in [0.2, 0.25) is 0 Å². The highest BCUT2D eigenvalue weighted by Gasteiger charge is 2.29. The molecule has 0 aliphatic rings. The zero-order valence-corrected chi connectivity index (χ0v) is 14.6. The van der Waals surface area contributed by atoms with Crippen molar-refractivity contribution < 1.29 is 23.5 Å². The number of anilines is 1. The number of benzene rings is 1. The highest BCUT2D eigenvalue weighted by atomic mass is 19.1. The van der Waals surface area contributed by atoms with Crippen LogP contribution in [0.3, 0.4) is 0 Å². The van der Waals surface area contributed by atoms with Crippen LogP contribution in [0.2, 0.25) is 0 Å². The van der Waals surface area contributed by atoms with E-state index < -0.39 is 23.2 Å². The summed E-state index contributed by atoms with van der Waals surface area (Å²) in [6.07, 6.45) is 0. The molecule has 2 amide bonds. The molecule has 2 rings (SSSR count). The minimum atomic E-state index is -1.38. The Morgan fingerprint density at radius 1 is 1.20 bits per heavy atom. The molecule has 2 aromatic rings. The van der Waals surface area contributed by atoms with Gasteiger partial charge < -0.3 is 20.2 Å². The SMILES string of the molecule is Cc1cc(C(C)(O)CNC(=O)C(=O)Nc2ccc(F)c(C)c2)c(C)o1. The number of hydrogen-bond acceptors (Lipinski definition) is 4. The third-order valence-corrected chi connectivity index (χ3v) is 3.84. The molecule has 25 heavy (non-hydrogen) atoms. The van der Waals surface area contributed by atoms with Gasteiger partial charge in [-0.3, -0.25) is 9.59 Å². The van der Waals surface area contributed by atoms with Gasteiger partial charge in [-0.1, -0.05) is 0 Å². The topological polar surface area (TPSA) is 91.6 Å². The molecule has 0 spiro atoms. The van der Waals surface area contributed by atoms with Crippen LogP contribution in [-0.2, 0) is 15.2 Å². The van der Waals surface area contributed by atoms with Gasteiger partial charge in [-0.25, -0.2) is 4.39 Å². The van der Waals surface area contributed by atoms with Gasteiger partial charge in [0.05, 0.1) is 6.54 Å². The van der Waals surface area contributed by atoms with Crippen molar-refractivity contribution in [2.45, 2.75) is 33.3 Å². The summed E-state index contributed by atoms with van der Waals surface area (Å²) in [4.78, 5) is 23.9. The van der Waals surface area contributed by atoms with E-state index in [0.717, 1.165) is 0 Å². The average Bonchev–Trinajstić information content (AvgIpc) is 2.88. The molecule has 0 bridgehead atoms. The molecule has 1 heterocycles. The van der Waals surface area contributed by atoms with Crippen molar-refractivity contribution >= 4 is 17.5 Å². The summed E-state index contributed by atoms with van der Waals surface area (Å²) in [6, 6.07) is 5.68. The predicted molar refractivity (Wildman–Crippen MR) is 90.5 cm³/mol. The molecular formula is C18H21FN2O4. The second kappa shape index (κ2) is 7.06. The second-order valence-electron chi connectivity index (χ2n) is 6.20. The van der Waals surface area contributed by atoms with E-state index in [4.69, 9.17) is 4.42 Å². The molecule has 0 aliphatic carbocycles. The number of furan rings is 1. The van der Waals surface area contributed by atoms with E-state index in [-0.39, 0.29) is 6.54 Å². The van der Waals surface area contributed by atoms with Crippen LogP contribution in [0.1, 0.15) is 29.6 Å². The summed E-state index contributed by atoms with van der Waals surface area (Å²) < 4.78 is 18.6. The zero-order valence-electron chi connectivity index (χ0n) is 14.6. The van der Waals surface area contributed by atoms with Crippen LogP contribution in [0.25, 0.3) is 0 Å². The molecule has 1 unspecified atom stereocenters. The Morgan fingerprint density at radius 2 is 1.88 bits per heavy atom. The highest BCUT2D eigenvalue weighted by Crippen LogP contribution is 2.26. The van der Waals surface area contributed by atoms with Crippen LogP contribution in [0.5, 0.6) is 0 Å². The van der Waals surface area contributed by atoms with Gasteiger partial charge in [0.25, 0.3) is 0 Å². The van der Waals surface area contributed by atoms with Crippen molar-refractivity contribution in [3.8, 4) is 0 Å². The molecule has 0 fully saturated rings. The number of carbonyl (C=O) groups excluding carboxylic acids is 2. The van der Waals surface area contributed by atoms with Crippen LogP contribution < -0.4 is 10.6 Å². The lowest BCUT2D eigenvalue weighted by molar-refractivity contribution is -0.136. The fraction of sp³-hybridized carbons (Fsp3) is 0.333. The van der Waals surface area contributed by atoms with Gasteiger partial charge >= 0.3 is 11.8 Å². The third kappa shape index (κ3) is 4.45. The van der Waals surface area contributed by atoms with Crippen molar-refractivity contribution in [3.05, 3.63) is 52.7 Å². The van der Waals surface area contributed by atoms with Crippen LogP contribution in [0.4, 0.5) is 10.1 Å². The summed E-state index contributed by atoms with van der Waals surface area (Å²) >= 11 is 0. The van der Waals surface area contributed by atoms with Gasteiger partial charge in [-0.15, -0.1) is 0 Å². The smallest absolute Gasteiger partial charge is 0.313 e. The standard InChI is InChI=1S/C18H21FN2O4/c1-10-7-13(5-6-15(10)19)21-17(23)16(22)20-9-18(4,24)14-8-11(2)25-12(14)3/h5-8,24H,9H2,1-4H3,(H,20,22)(H,21,23). The average molecular weight is 348 g/mol. The Kier molecular flexibility index (Phi) is 5.27. The number of rotatable bonds is 4. The Morgan fingerprint density at radius 3 is 2.44 bits per heavy atom. The largest absolute Gasteiger partial charge is 0.466 e. The Hall–Kier alpha value is -2.67. The van der Waals surface area contributed by atoms with E-state index in [0.29, 0.717) is 28.3 Å². The minimum absolute atomic E-state index is 0.165. The van der Waals surface area contributed by atoms with Crippen LogP contribution in [-0.4, -0.2) is 23.5 Å². The van der Waals surface area contributed by atoms with Gasteiger partial charge in [0, 0.05) is 11.3 Å². The number of carbonyl (C=O) groups is 2. The Bertz CT molecular complexity index is 811. The van der Waals surface area contributed by atoms with Gasteiger partial charge in [0.15, 0.2) is 0 Å². The molecule has 0 saturated carbocycles.